The fourth-order valence-electron chi connectivity index (χ4n) is 4.30. The molecule has 186 valence electrons. The summed E-state index contributed by atoms with van der Waals surface area (Å²) in [5, 5.41) is 19.4. The van der Waals surface area contributed by atoms with Crippen molar-refractivity contribution in [1.82, 2.24) is 19.4 Å². The second kappa shape index (κ2) is 9.96. The molecule has 1 aliphatic rings. The summed E-state index contributed by atoms with van der Waals surface area (Å²) >= 11 is 0. The van der Waals surface area contributed by atoms with Crippen molar-refractivity contribution in [2.75, 3.05) is 26.4 Å². The van der Waals surface area contributed by atoms with Gasteiger partial charge in [-0.1, -0.05) is 0 Å². The Morgan fingerprint density at radius 1 is 1.11 bits per heavy atom. The lowest BCUT2D eigenvalue weighted by atomic mass is 10.0. The number of phenolic OH excluding ortho intramolecular Hbond substituents is 2. The van der Waals surface area contributed by atoms with E-state index in [0.29, 0.717) is 17.9 Å². The normalized spacial score (nSPS) is 15.1. The molecule has 0 saturated carbocycles. The molecular formula is C24H28N4O6S. The highest BCUT2D eigenvalue weighted by Crippen LogP contribution is 2.25. The predicted octanol–water partition coefficient (Wildman–Crippen LogP) is 2.86. The molecule has 2 heterocycles. The molecule has 4 rings (SSSR count). The number of hydrogen-bond acceptors (Lipinski definition) is 8. The molecule has 11 heteroatoms. The maximum atomic E-state index is 13.3. The molecule has 1 amide bonds. The molecule has 2 N–H and O–H groups in total. The number of rotatable bonds is 6. The van der Waals surface area contributed by atoms with Gasteiger partial charge in [-0.3, -0.25) is 9.47 Å². The lowest BCUT2D eigenvalue weighted by Crippen LogP contribution is -2.46. The van der Waals surface area contributed by atoms with Crippen LogP contribution < -0.4 is 4.18 Å². The first kappa shape index (κ1) is 24.6. The number of imidazole rings is 1. The number of benzene rings is 2. The number of likely N-dealkylation sites (tertiary alicyclic amines) is 1. The zero-order valence-corrected chi connectivity index (χ0v) is 20.4. The van der Waals surface area contributed by atoms with Gasteiger partial charge >= 0.3 is 16.1 Å². The Balaban J connectivity index is 1.39. The average molecular weight is 501 g/mol. The summed E-state index contributed by atoms with van der Waals surface area (Å²) in [5.41, 5.74) is 1.49. The highest BCUT2D eigenvalue weighted by molar-refractivity contribution is 7.86. The van der Waals surface area contributed by atoms with Gasteiger partial charge in [-0.2, -0.15) is 8.42 Å². The summed E-state index contributed by atoms with van der Waals surface area (Å²) < 4.78 is 29.0. The minimum Gasteiger partial charge on any atom is -0.508 e. The number of piperidine rings is 1. The molecule has 0 bridgehead atoms. The quantitative estimate of drug-likeness (QED) is 0.495. The number of aromatic nitrogens is 2. The number of nitrogens with zero attached hydrogens (tertiary/aromatic N) is 4. The molecule has 1 saturated heterocycles. The van der Waals surface area contributed by atoms with Gasteiger partial charge < -0.3 is 19.3 Å². The van der Waals surface area contributed by atoms with Crippen molar-refractivity contribution in [3.05, 3.63) is 60.4 Å². The molecule has 0 spiro atoms. The van der Waals surface area contributed by atoms with Crippen LogP contribution in [0.3, 0.4) is 0 Å². The summed E-state index contributed by atoms with van der Waals surface area (Å²) in [6, 6.07) is 10.8. The van der Waals surface area contributed by atoms with Crippen molar-refractivity contribution in [3.8, 4) is 28.6 Å². The molecule has 10 nitrogen and oxygen atoms in total. The van der Waals surface area contributed by atoms with Crippen LogP contribution in [-0.2, 0) is 16.7 Å². The van der Waals surface area contributed by atoms with Gasteiger partial charge in [0.25, 0.3) is 0 Å². The minimum absolute atomic E-state index is 0.0360. The fourth-order valence-corrected chi connectivity index (χ4v) is 4.76. The Morgan fingerprint density at radius 3 is 2.34 bits per heavy atom. The van der Waals surface area contributed by atoms with E-state index in [1.54, 1.807) is 48.6 Å². The van der Waals surface area contributed by atoms with Gasteiger partial charge in [0.15, 0.2) is 0 Å². The average Bonchev–Trinajstić information content (AvgIpc) is 3.27. The first-order chi connectivity index (χ1) is 16.6. The van der Waals surface area contributed by atoms with E-state index < -0.39 is 10.1 Å². The van der Waals surface area contributed by atoms with Gasteiger partial charge in [0.2, 0.25) is 0 Å². The van der Waals surface area contributed by atoms with E-state index in [0.717, 1.165) is 37.8 Å². The third-order valence-electron chi connectivity index (χ3n) is 5.98. The smallest absolute Gasteiger partial charge is 0.329 e. The molecule has 3 aromatic rings. The first-order valence-electron chi connectivity index (χ1n) is 11.1. The second-order valence-electron chi connectivity index (χ2n) is 8.69. The van der Waals surface area contributed by atoms with Crippen LogP contribution >= 0.6 is 0 Å². The van der Waals surface area contributed by atoms with E-state index in [-0.39, 0.29) is 29.3 Å². The summed E-state index contributed by atoms with van der Waals surface area (Å²) in [6.07, 6.45) is 5.71. The third kappa shape index (κ3) is 6.11. The molecule has 35 heavy (non-hydrogen) atoms. The Bertz CT molecular complexity index is 1280. The Hall–Kier alpha value is -3.57. The van der Waals surface area contributed by atoms with Crippen LogP contribution in [0.4, 0.5) is 4.79 Å². The van der Waals surface area contributed by atoms with Crippen molar-refractivity contribution < 1.29 is 27.6 Å². The van der Waals surface area contributed by atoms with E-state index in [1.807, 2.05) is 0 Å². The summed E-state index contributed by atoms with van der Waals surface area (Å²) in [6.45, 7) is 2.16. The molecule has 1 fully saturated rings. The number of aromatic hydroxyl groups is 2. The minimum atomic E-state index is -3.62. The topological polar surface area (TPSA) is 125 Å². The van der Waals surface area contributed by atoms with E-state index in [2.05, 4.69) is 9.88 Å². The maximum Gasteiger partial charge on any atom is 0.329 e. The molecule has 0 radical (unpaired) electrons. The van der Waals surface area contributed by atoms with Crippen molar-refractivity contribution in [2.24, 2.45) is 0 Å². The van der Waals surface area contributed by atoms with Crippen LogP contribution in [-0.4, -0.2) is 76.4 Å². The largest absolute Gasteiger partial charge is 0.508 e. The van der Waals surface area contributed by atoms with Crippen LogP contribution in [0.5, 0.6) is 17.2 Å². The Morgan fingerprint density at radius 2 is 1.74 bits per heavy atom. The zero-order chi connectivity index (χ0) is 25.2. The summed E-state index contributed by atoms with van der Waals surface area (Å²) in [7, 11) is -1.84. The standard InChI is InChI=1S/C24H28N4O6S/c1-26(19-7-10-27(11-8-19)16-17-13-20(29)15-21(30)14-17)24(31)28-12-9-25-23(28)18-3-5-22(6-4-18)34-35(2,32)33/h3-6,9,12-15,19,29-30H,7-8,10-11,16H2,1-2H3. The zero-order valence-electron chi connectivity index (χ0n) is 19.5. The van der Waals surface area contributed by atoms with Crippen molar-refractivity contribution in [2.45, 2.75) is 25.4 Å². The first-order valence-corrected chi connectivity index (χ1v) is 13.0. The van der Waals surface area contributed by atoms with Gasteiger partial charge in [0, 0.05) is 56.7 Å². The van der Waals surface area contributed by atoms with Gasteiger partial charge in [-0.25, -0.2) is 9.78 Å². The van der Waals surface area contributed by atoms with Crippen LogP contribution in [0.1, 0.15) is 18.4 Å². The molecule has 1 aromatic heterocycles. The molecule has 0 aliphatic carbocycles. The third-order valence-corrected chi connectivity index (χ3v) is 6.48. The highest BCUT2D eigenvalue weighted by atomic mass is 32.2. The number of phenols is 2. The monoisotopic (exact) mass is 500 g/mol. The van der Waals surface area contributed by atoms with Gasteiger partial charge in [-0.15, -0.1) is 0 Å². The van der Waals surface area contributed by atoms with Gasteiger partial charge in [0.1, 0.15) is 23.1 Å². The number of hydrogen-bond donors (Lipinski definition) is 2. The lowest BCUT2D eigenvalue weighted by molar-refractivity contribution is 0.132. The highest BCUT2D eigenvalue weighted by Gasteiger charge is 2.27. The summed E-state index contributed by atoms with van der Waals surface area (Å²) in [5.74, 6) is 0.710. The van der Waals surface area contributed by atoms with E-state index in [4.69, 9.17) is 4.18 Å². The molecule has 1 aliphatic heterocycles. The van der Waals surface area contributed by atoms with E-state index in [1.165, 1.54) is 22.8 Å². The number of carbonyl (C=O) groups excluding carboxylic acids is 1. The molecule has 0 atom stereocenters. The van der Waals surface area contributed by atoms with Crippen molar-refractivity contribution in [1.29, 1.82) is 0 Å². The van der Waals surface area contributed by atoms with Gasteiger partial charge in [0.05, 0.1) is 6.26 Å². The van der Waals surface area contributed by atoms with Gasteiger partial charge in [-0.05, 0) is 54.8 Å². The Kier molecular flexibility index (Phi) is 6.99. The SMILES string of the molecule is CN(C(=O)n1ccnc1-c1ccc(OS(C)(=O)=O)cc1)C1CCN(Cc2cc(O)cc(O)c2)CC1. The van der Waals surface area contributed by atoms with Crippen molar-refractivity contribution in [3.63, 3.8) is 0 Å². The molecule has 0 unspecified atom stereocenters. The number of amides is 1. The molecular weight excluding hydrogens is 472 g/mol. The van der Waals surface area contributed by atoms with E-state index in [9.17, 15) is 23.4 Å². The Labute approximate surface area is 204 Å². The predicted molar refractivity (Wildman–Crippen MR) is 130 cm³/mol. The van der Waals surface area contributed by atoms with E-state index >= 15 is 0 Å². The second-order valence-corrected chi connectivity index (χ2v) is 10.3. The van der Waals surface area contributed by atoms with Crippen LogP contribution in [0.15, 0.2) is 54.9 Å². The maximum absolute atomic E-state index is 13.3. The summed E-state index contributed by atoms with van der Waals surface area (Å²) in [4.78, 5) is 21.6. The van der Waals surface area contributed by atoms with Crippen LogP contribution in [0.25, 0.3) is 11.4 Å². The van der Waals surface area contributed by atoms with Crippen LogP contribution in [0, 0.1) is 0 Å². The lowest BCUT2D eigenvalue weighted by Gasteiger charge is -2.36. The molecule has 2 aromatic carbocycles. The van der Waals surface area contributed by atoms with Crippen molar-refractivity contribution >= 4 is 16.1 Å². The number of carbonyl (C=O) groups is 1. The fraction of sp³-hybridized carbons (Fsp3) is 0.333. The van der Waals surface area contributed by atoms with Crippen LogP contribution in [0.2, 0.25) is 0 Å².